The zero-order valence-electron chi connectivity index (χ0n) is 24.4. The third-order valence-electron chi connectivity index (χ3n) is 7.92. The van der Waals surface area contributed by atoms with E-state index in [1.807, 2.05) is 62.4 Å². The van der Waals surface area contributed by atoms with E-state index in [4.69, 9.17) is 35.4 Å². The highest BCUT2D eigenvalue weighted by Gasteiger charge is 2.30. The van der Waals surface area contributed by atoms with Gasteiger partial charge in [-0.2, -0.15) is 0 Å². The summed E-state index contributed by atoms with van der Waals surface area (Å²) in [6, 6.07) is 34.0. The van der Waals surface area contributed by atoms with Gasteiger partial charge in [-0.3, -0.25) is 0 Å². The van der Waals surface area contributed by atoms with Gasteiger partial charge in [0.05, 0.1) is 12.7 Å². The van der Waals surface area contributed by atoms with E-state index in [0.717, 1.165) is 53.8 Å². The summed E-state index contributed by atoms with van der Waals surface area (Å²) in [7, 11) is 0. The van der Waals surface area contributed by atoms with Gasteiger partial charge in [0.2, 0.25) is 0 Å². The second-order valence-corrected chi connectivity index (χ2v) is 24.7. The highest BCUT2D eigenvalue weighted by Crippen LogP contribution is 2.48. The van der Waals surface area contributed by atoms with Crippen molar-refractivity contribution >= 4 is 90.7 Å². The Bertz CT molecular complexity index is 1790. The van der Waals surface area contributed by atoms with Crippen molar-refractivity contribution in [1.29, 1.82) is 0 Å². The van der Waals surface area contributed by atoms with Crippen LogP contribution in [0.4, 0.5) is 0 Å². The van der Waals surface area contributed by atoms with Crippen LogP contribution in [0, 0.1) is 20.8 Å². The van der Waals surface area contributed by atoms with Crippen LogP contribution in [0.5, 0.6) is 0 Å². The number of hydrogen-bond acceptors (Lipinski definition) is 5. The predicted octanol–water partition coefficient (Wildman–Crippen LogP) is 5.13. The first-order chi connectivity index (χ1) is 20.5. The maximum Gasteiger partial charge on any atom is 0.0794 e. The second-order valence-electron chi connectivity index (χ2n) is 10.9. The van der Waals surface area contributed by atoms with Gasteiger partial charge in [0, 0.05) is 18.1 Å². The third kappa shape index (κ3) is 6.26. The Morgan fingerprint density at radius 1 is 0.419 bits per heavy atom. The lowest BCUT2D eigenvalue weighted by Crippen LogP contribution is -2.30. The van der Waals surface area contributed by atoms with Gasteiger partial charge in [-0.15, -0.1) is 0 Å². The molecule has 0 aromatic heterocycles. The van der Waals surface area contributed by atoms with Gasteiger partial charge in [-0.05, 0) is 70.0 Å². The molecule has 43 heavy (non-hydrogen) atoms. The van der Waals surface area contributed by atoms with Gasteiger partial charge < -0.3 is 10.2 Å². The van der Waals surface area contributed by atoms with Crippen LogP contribution >= 0.6 is 18.1 Å². The molecule has 220 valence electrons. The maximum absolute atomic E-state index is 10.7. The average molecular weight is 677 g/mol. The minimum atomic E-state index is -2.60. The zero-order valence-corrected chi connectivity index (χ0v) is 29.6. The molecule has 0 fully saturated rings. The van der Waals surface area contributed by atoms with Crippen molar-refractivity contribution in [3.8, 4) is 0 Å². The summed E-state index contributed by atoms with van der Waals surface area (Å²) in [5.41, 5.74) is 3.47. The monoisotopic (exact) mass is 676 g/mol. The van der Waals surface area contributed by atoms with Crippen molar-refractivity contribution in [2.45, 2.75) is 20.8 Å². The Morgan fingerprint density at radius 2 is 0.721 bits per heavy atom. The summed E-state index contributed by atoms with van der Waals surface area (Å²) < 4.78 is 0. The molecule has 5 aromatic carbocycles. The molecule has 2 N–H and O–H groups in total. The largest absolute Gasteiger partial charge is 0.390 e. The Kier molecular flexibility index (Phi) is 9.89. The van der Waals surface area contributed by atoms with Gasteiger partial charge in [0.15, 0.2) is 0 Å². The molecule has 5 aromatic rings. The fraction of sp³-hybridized carbons (Fsp3) is 0.143. The molecule has 0 spiro atoms. The lowest BCUT2D eigenvalue weighted by atomic mass is 10.2. The molecule has 0 heterocycles. The lowest BCUT2D eigenvalue weighted by Gasteiger charge is -2.28. The standard InChI is InChI=1S/C35H35O2P3S3/c1-26-10-16-29(17-11-26)38(41,24-36)32-6-4-8-34(22-32)40(43,31-20-14-28(3)15-21-31)35-9-5-7-33(23-35)39(42,25-37)30-18-12-27(2)13-19-30/h4-23,36-37H,24-25H2,1-3H3. The summed E-state index contributed by atoms with van der Waals surface area (Å²) in [4.78, 5) is 0. The van der Waals surface area contributed by atoms with Crippen LogP contribution in [-0.4, -0.2) is 22.9 Å². The predicted molar refractivity (Wildman–Crippen MR) is 201 cm³/mol. The average Bonchev–Trinajstić information content (AvgIpc) is 3.04. The van der Waals surface area contributed by atoms with Crippen molar-refractivity contribution in [3.05, 3.63) is 138 Å². The molecule has 0 aliphatic heterocycles. The van der Waals surface area contributed by atoms with Crippen molar-refractivity contribution in [1.82, 2.24) is 0 Å². The zero-order chi connectivity index (χ0) is 30.8. The van der Waals surface area contributed by atoms with E-state index in [-0.39, 0.29) is 12.7 Å². The summed E-state index contributed by atoms with van der Waals surface area (Å²) in [6.45, 7) is 6.17. The van der Waals surface area contributed by atoms with Crippen LogP contribution in [0.25, 0.3) is 0 Å². The highest BCUT2D eigenvalue weighted by atomic mass is 32.4. The first-order valence-electron chi connectivity index (χ1n) is 14.0. The molecular formula is C35H35O2P3S3. The van der Waals surface area contributed by atoms with Crippen LogP contribution in [-0.2, 0) is 35.4 Å². The second kappa shape index (κ2) is 13.1. The molecule has 2 nitrogen and oxygen atoms in total. The van der Waals surface area contributed by atoms with E-state index in [0.29, 0.717) is 0 Å². The fourth-order valence-electron chi connectivity index (χ4n) is 5.22. The fourth-order valence-corrected chi connectivity index (χ4v) is 14.4. The van der Waals surface area contributed by atoms with Crippen LogP contribution < -0.4 is 37.1 Å². The molecule has 2 atom stereocenters. The first kappa shape index (κ1) is 32.4. The molecule has 0 aliphatic rings. The third-order valence-corrected chi connectivity index (χ3v) is 21.4. The summed E-state index contributed by atoms with van der Waals surface area (Å²) in [5.74, 6) is 0. The number of rotatable bonds is 9. The molecule has 8 heteroatoms. The summed E-state index contributed by atoms with van der Waals surface area (Å²) >= 11 is 19.3. The molecule has 2 unspecified atom stereocenters. The molecular weight excluding hydrogens is 642 g/mol. The van der Waals surface area contributed by atoms with Gasteiger partial charge in [-0.25, -0.2) is 0 Å². The van der Waals surface area contributed by atoms with E-state index in [1.54, 1.807) is 0 Å². The smallest absolute Gasteiger partial charge is 0.0794 e. The van der Waals surface area contributed by atoms with Crippen LogP contribution in [0.1, 0.15) is 16.7 Å². The Labute approximate surface area is 270 Å². The van der Waals surface area contributed by atoms with Gasteiger partial charge >= 0.3 is 0 Å². The van der Waals surface area contributed by atoms with E-state index >= 15 is 0 Å². The number of aliphatic hydroxyl groups excluding tert-OH is 2. The molecule has 0 radical (unpaired) electrons. The van der Waals surface area contributed by atoms with Crippen LogP contribution in [0.3, 0.4) is 0 Å². The van der Waals surface area contributed by atoms with Crippen molar-refractivity contribution in [2.75, 3.05) is 12.7 Å². The van der Waals surface area contributed by atoms with Crippen molar-refractivity contribution in [2.24, 2.45) is 0 Å². The van der Waals surface area contributed by atoms with E-state index in [2.05, 4.69) is 79.7 Å². The molecule has 0 saturated heterocycles. The minimum Gasteiger partial charge on any atom is -0.390 e. The highest BCUT2D eigenvalue weighted by molar-refractivity contribution is 8.26. The van der Waals surface area contributed by atoms with E-state index < -0.39 is 18.1 Å². The number of aliphatic hydroxyl groups is 2. The molecule has 0 aliphatic carbocycles. The topological polar surface area (TPSA) is 40.5 Å². The van der Waals surface area contributed by atoms with E-state index in [9.17, 15) is 10.2 Å². The lowest BCUT2D eigenvalue weighted by molar-refractivity contribution is 0.371. The quantitative estimate of drug-likeness (QED) is 0.212. The summed E-state index contributed by atoms with van der Waals surface area (Å²) in [6.07, 6.45) is -0.207. The normalized spacial score (nSPS) is 15.7. The molecule has 5 rings (SSSR count). The molecule has 0 bridgehead atoms. The van der Waals surface area contributed by atoms with Gasteiger partial charge in [-0.1, -0.05) is 161 Å². The SMILES string of the molecule is Cc1ccc(P(=S)(CO)c2cccc(P(=S)(c3ccc(C)cc3)c3cccc(P(=S)(CO)c4ccc(C)cc4)c3)c2)cc1. The Balaban J connectivity index is 1.72. The molecule has 0 amide bonds. The van der Waals surface area contributed by atoms with Gasteiger partial charge in [0.25, 0.3) is 0 Å². The molecule has 0 saturated carbocycles. The van der Waals surface area contributed by atoms with Crippen molar-refractivity contribution in [3.63, 3.8) is 0 Å². The van der Waals surface area contributed by atoms with Crippen LogP contribution in [0.2, 0.25) is 0 Å². The number of aryl methyl sites for hydroxylation is 3. The number of benzene rings is 5. The minimum absolute atomic E-state index is 0.103. The van der Waals surface area contributed by atoms with Gasteiger partial charge in [0.1, 0.15) is 0 Å². The summed E-state index contributed by atoms with van der Waals surface area (Å²) in [5, 5.41) is 28.4. The van der Waals surface area contributed by atoms with Crippen LogP contribution in [0.15, 0.2) is 121 Å². The van der Waals surface area contributed by atoms with E-state index in [1.165, 1.54) is 0 Å². The van der Waals surface area contributed by atoms with Crippen molar-refractivity contribution < 1.29 is 10.2 Å². The number of hydrogen-bond donors (Lipinski definition) is 2. The Hall–Kier alpha value is -2.03. The Morgan fingerprint density at radius 3 is 1.05 bits per heavy atom. The maximum atomic E-state index is 10.7. The first-order valence-corrected chi connectivity index (χ1v) is 22.8.